The van der Waals surface area contributed by atoms with Crippen LogP contribution in [-0.4, -0.2) is 16.5 Å². The van der Waals surface area contributed by atoms with Gasteiger partial charge in [0.1, 0.15) is 16.4 Å². The standard InChI is InChI=1S/C13H15N5OS/c1-8-7-10-11(15-5-4-9-3-2-6-19-9)16-13(18-14)17-12(10)20-8/h2-3,6-7H,4-5,14H2,1H3,(H2,15,16,17,18). The van der Waals surface area contributed by atoms with Crippen LogP contribution < -0.4 is 16.6 Å². The maximum absolute atomic E-state index is 5.41. The van der Waals surface area contributed by atoms with Crippen LogP contribution in [0.2, 0.25) is 0 Å². The van der Waals surface area contributed by atoms with Gasteiger partial charge in [0.25, 0.3) is 0 Å². The maximum Gasteiger partial charge on any atom is 0.240 e. The lowest BCUT2D eigenvalue weighted by atomic mass is 10.3. The number of anilines is 2. The molecule has 3 rings (SSSR count). The number of aryl methyl sites for hydroxylation is 1. The van der Waals surface area contributed by atoms with Gasteiger partial charge in [0.2, 0.25) is 5.95 Å². The molecule has 0 saturated heterocycles. The van der Waals surface area contributed by atoms with E-state index in [1.807, 2.05) is 12.1 Å². The first kappa shape index (κ1) is 12.9. The zero-order valence-corrected chi connectivity index (χ0v) is 11.8. The van der Waals surface area contributed by atoms with E-state index in [1.165, 1.54) is 4.88 Å². The molecule has 0 spiro atoms. The van der Waals surface area contributed by atoms with Crippen LogP contribution in [0.4, 0.5) is 11.8 Å². The number of rotatable bonds is 5. The first-order valence-electron chi connectivity index (χ1n) is 6.27. The number of thiophene rings is 1. The molecule has 0 amide bonds. The molecule has 7 heteroatoms. The number of nitrogens with two attached hydrogens (primary N) is 1. The highest BCUT2D eigenvalue weighted by atomic mass is 32.1. The molecule has 4 N–H and O–H groups in total. The molecule has 3 heterocycles. The van der Waals surface area contributed by atoms with Gasteiger partial charge in [0.05, 0.1) is 11.6 Å². The van der Waals surface area contributed by atoms with E-state index in [-0.39, 0.29) is 0 Å². The Morgan fingerprint density at radius 2 is 2.30 bits per heavy atom. The Kier molecular flexibility index (Phi) is 3.53. The molecule has 0 aromatic carbocycles. The highest BCUT2D eigenvalue weighted by molar-refractivity contribution is 7.18. The number of furan rings is 1. The van der Waals surface area contributed by atoms with Crippen molar-refractivity contribution in [2.45, 2.75) is 13.3 Å². The van der Waals surface area contributed by atoms with E-state index in [2.05, 4.69) is 33.7 Å². The van der Waals surface area contributed by atoms with Gasteiger partial charge in [0.15, 0.2) is 0 Å². The lowest BCUT2D eigenvalue weighted by Gasteiger charge is -2.07. The predicted molar refractivity (Wildman–Crippen MR) is 80.9 cm³/mol. The van der Waals surface area contributed by atoms with Crippen LogP contribution in [0.15, 0.2) is 28.9 Å². The Balaban J connectivity index is 1.81. The van der Waals surface area contributed by atoms with E-state index in [0.717, 1.165) is 34.8 Å². The summed E-state index contributed by atoms with van der Waals surface area (Å²) in [5.41, 5.74) is 2.50. The fourth-order valence-electron chi connectivity index (χ4n) is 2.00. The highest BCUT2D eigenvalue weighted by Gasteiger charge is 2.10. The van der Waals surface area contributed by atoms with Gasteiger partial charge in [-0.05, 0) is 25.1 Å². The number of aromatic nitrogens is 2. The summed E-state index contributed by atoms with van der Waals surface area (Å²) in [6, 6.07) is 5.92. The third-order valence-corrected chi connectivity index (χ3v) is 3.83. The van der Waals surface area contributed by atoms with Crippen molar-refractivity contribution in [3.8, 4) is 0 Å². The van der Waals surface area contributed by atoms with E-state index in [1.54, 1.807) is 17.6 Å². The number of hydrogen-bond acceptors (Lipinski definition) is 7. The number of hydrazine groups is 1. The number of nitrogens with zero attached hydrogens (tertiary/aromatic N) is 2. The Morgan fingerprint density at radius 1 is 1.40 bits per heavy atom. The van der Waals surface area contributed by atoms with Gasteiger partial charge in [0, 0.05) is 17.8 Å². The molecule has 0 atom stereocenters. The molecular formula is C13H15N5OS. The van der Waals surface area contributed by atoms with Crippen molar-refractivity contribution in [1.29, 1.82) is 0 Å². The molecule has 0 aliphatic carbocycles. The van der Waals surface area contributed by atoms with Gasteiger partial charge >= 0.3 is 0 Å². The number of nitrogen functional groups attached to an aromatic ring is 1. The fourth-order valence-corrected chi connectivity index (χ4v) is 2.88. The maximum atomic E-state index is 5.41. The molecule has 0 saturated carbocycles. The Morgan fingerprint density at radius 3 is 3.05 bits per heavy atom. The molecule has 0 unspecified atom stereocenters. The zero-order valence-electron chi connectivity index (χ0n) is 11.0. The van der Waals surface area contributed by atoms with Crippen LogP contribution in [0.25, 0.3) is 10.2 Å². The lowest BCUT2D eigenvalue weighted by molar-refractivity contribution is 0.513. The first-order chi connectivity index (χ1) is 9.76. The zero-order chi connectivity index (χ0) is 13.9. The summed E-state index contributed by atoms with van der Waals surface area (Å²) in [6.45, 7) is 2.78. The second kappa shape index (κ2) is 5.48. The largest absolute Gasteiger partial charge is 0.469 e. The number of nitrogens with one attached hydrogen (secondary N) is 2. The normalized spacial score (nSPS) is 10.9. The second-order valence-electron chi connectivity index (χ2n) is 4.37. The summed E-state index contributed by atoms with van der Waals surface area (Å²) in [5, 5.41) is 4.33. The van der Waals surface area contributed by atoms with Crippen molar-refractivity contribution in [2.75, 3.05) is 17.3 Å². The minimum atomic E-state index is 0.417. The fraction of sp³-hybridized carbons (Fsp3) is 0.231. The summed E-state index contributed by atoms with van der Waals surface area (Å²) < 4.78 is 5.30. The molecule has 6 nitrogen and oxygen atoms in total. The van der Waals surface area contributed by atoms with Crippen LogP contribution in [-0.2, 0) is 6.42 Å². The Hall–Kier alpha value is -2.12. The van der Waals surface area contributed by atoms with Gasteiger partial charge in [-0.2, -0.15) is 4.98 Å². The molecule has 0 fully saturated rings. The summed E-state index contributed by atoms with van der Waals surface area (Å²) >= 11 is 1.62. The SMILES string of the molecule is Cc1cc2c(NCCc3ccco3)nc(NN)nc2s1. The molecule has 3 aromatic rings. The summed E-state index contributed by atoms with van der Waals surface area (Å²) in [5.74, 6) is 7.56. The highest BCUT2D eigenvalue weighted by Crippen LogP contribution is 2.29. The number of hydrogen-bond donors (Lipinski definition) is 3. The average molecular weight is 289 g/mol. The van der Waals surface area contributed by atoms with Crippen LogP contribution in [0.5, 0.6) is 0 Å². The minimum absolute atomic E-state index is 0.417. The quantitative estimate of drug-likeness (QED) is 0.494. The summed E-state index contributed by atoms with van der Waals surface area (Å²) in [4.78, 5) is 10.8. The lowest BCUT2D eigenvalue weighted by Crippen LogP contribution is -2.13. The summed E-state index contributed by atoms with van der Waals surface area (Å²) in [7, 11) is 0. The third kappa shape index (κ3) is 2.59. The van der Waals surface area contributed by atoms with E-state index in [4.69, 9.17) is 10.3 Å². The van der Waals surface area contributed by atoms with E-state index in [0.29, 0.717) is 5.95 Å². The number of fused-ring (bicyclic) bond motifs is 1. The average Bonchev–Trinajstić information content (AvgIpc) is 3.06. The van der Waals surface area contributed by atoms with Crippen LogP contribution in [0.1, 0.15) is 10.6 Å². The topological polar surface area (TPSA) is 89.0 Å². The molecule has 0 aliphatic rings. The van der Waals surface area contributed by atoms with Gasteiger partial charge in [-0.3, -0.25) is 5.43 Å². The predicted octanol–water partition coefficient (Wildman–Crippen LogP) is 2.53. The molecule has 0 radical (unpaired) electrons. The van der Waals surface area contributed by atoms with Gasteiger partial charge < -0.3 is 9.73 Å². The van der Waals surface area contributed by atoms with Crippen molar-refractivity contribution >= 4 is 33.3 Å². The van der Waals surface area contributed by atoms with Crippen LogP contribution in [0.3, 0.4) is 0 Å². The van der Waals surface area contributed by atoms with Crippen molar-refractivity contribution in [3.63, 3.8) is 0 Å². The molecule has 104 valence electrons. The van der Waals surface area contributed by atoms with Crippen LogP contribution >= 0.6 is 11.3 Å². The van der Waals surface area contributed by atoms with Crippen molar-refractivity contribution in [3.05, 3.63) is 35.1 Å². The van der Waals surface area contributed by atoms with Gasteiger partial charge in [-0.1, -0.05) is 0 Å². The Bertz CT molecular complexity index is 707. The van der Waals surface area contributed by atoms with Crippen LogP contribution in [0, 0.1) is 6.92 Å². The Labute approximate surface area is 120 Å². The van der Waals surface area contributed by atoms with E-state index in [9.17, 15) is 0 Å². The third-order valence-electron chi connectivity index (χ3n) is 2.89. The van der Waals surface area contributed by atoms with Gasteiger partial charge in [-0.15, -0.1) is 11.3 Å². The molecule has 0 bridgehead atoms. The van der Waals surface area contributed by atoms with E-state index >= 15 is 0 Å². The molecule has 20 heavy (non-hydrogen) atoms. The first-order valence-corrected chi connectivity index (χ1v) is 7.09. The second-order valence-corrected chi connectivity index (χ2v) is 5.61. The monoisotopic (exact) mass is 289 g/mol. The summed E-state index contributed by atoms with van der Waals surface area (Å²) in [6.07, 6.45) is 2.48. The van der Waals surface area contributed by atoms with Crippen molar-refractivity contribution in [1.82, 2.24) is 9.97 Å². The molecular weight excluding hydrogens is 274 g/mol. The van der Waals surface area contributed by atoms with Crippen molar-refractivity contribution < 1.29 is 4.42 Å². The smallest absolute Gasteiger partial charge is 0.240 e. The molecule has 3 aromatic heterocycles. The van der Waals surface area contributed by atoms with Crippen molar-refractivity contribution in [2.24, 2.45) is 5.84 Å². The van der Waals surface area contributed by atoms with E-state index < -0.39 is 0 Å². The minimum Gasteiger partial charge on any atom is -0.469 e. The van der Waals surface area contributed by atoms with Gasteiger partial charge in [-0.25, -0.2) is 10.8 Å². The molecule has 0 aliphatic heterocycles.